The van der Waals surface area contributed by atoms with Crippen LogP contribution in [0.4, 0.5) is 5.69 Å². The number of benzene rings is 1. The zero-order chi connectivity index (χ0) is 14.5. The molecule has 2 rings (SSSR count). The highest BCUT2D eigenvalue weighted by Crippen LogP contribution is 2.33. The van der Waals surface area contributed by atoms with Crippen molar-refractivity contribution in [3.8, 4) is 5.75 Å². The Morgan fingerprint density at radius 3 is 2.80 bits per heavy atom. The third kappa shape index (κ3) is 4.16. The predicted octanol–water partition coefficient (Wildman–Crippen LogP) is 5.02. The summed E-state index contributed by atoms with van der Waals surface area (Å²) in [5, 5.41) is 3.71. The molecule has 0 aliphatic heterocycles. The van der Waals surface area contributed by atoms with Crippen LogP contribution in [0.5, 0.6) is 5.75 Å². The Kier molecular flexibility index (Phi) is 5.33. The summed E-state index contributed by atoms with van der Waals surface area (Å²) in [4.78, 5) is 0. The largest absolute Gasteiger partial charge is 0.495 e. The van der Waals surface area contributed by atoms with Crippen LogP contribution in [0.15, 0.2) is 18.2 Å². The van der Waals surface area contributed by atoms with Gasteiger partial charge in [0.2, 0.25) is 0 Å². The molecule has 20 heavy (non-hydrogen) atoms. The molecule has 2 nitrogen and oxygen atoms in total. The molecule has 1 aliphatic rings. The van der Waals surface area contributed by atoms with Crippen molar-refractivity contribution in [3.63, 3.8) is 0 Å². The van der Waals surface area contributed by atoms with E-state index >= 15 is 0 Å². The molecule has 1 aliphatic carbocycles. The molecule has 2 unspecified atom stereocenters. The lowest BCUT2D eigenvalue weighted by atomic mass is 9.81. The smallest absolute Gasteiger partial charge is 0.142 e. The molecule has 0 amide bonds. The summed E-state index contributed by atoms with van der Waals surface area (Å²) in [7, 11) is 1.75. The maximum atomic E-state index is 5.50. The average Bonchev–Trinajstić information content (AvgIpc) is 2.40. The van der Waals surface area contributed by atoms with Gasteiger partial charge in [0.1, 0.15) is 5.75 Å². The molecule has 0 saturated heterocycles. The van der Waals surface area contributed by atoms with E-state index in [4.69, 9.17) is 4.74 Å². The van der Waals surface area contributed by atoms with Crippen LogP contribution >= 0.6 is 0 Å². The molecule has 0 radical (unpaired) electrons. The van der Waals surface area contributed by atoms with E-state index in [1.165, 1.54) is 37.7 Å². The van der Waals surface area contributed by atoms with Gasteiger partial charge >= 0.3 is 0 Å². The van der Waals surface area contributed by atoms with Crippen LogP contribution in [0.2, 0.25) is 0 Å². The highest BCUT2D eigenvalue weighted by atomic mass is 16.5. The van der Waals surface area contributed by atoms with Crippen molar-refractivity contribution in [2.45, 2.75) is 58.9 Å². The Labute approximate surface area is 123 Å². The van der Waals surface area contributed by atoms with Gasteiger partial charge in [-0.05, 0) is 55.7 Å². The topological polar surface area (TPSA) is 21.3 Å². The lowest BCUT2D eigenvalue weighted by molar-refractivity contribution is 0.288. The van der Waals surface area contributed by atoms with Crippen LogP contribution in [-0.4, -0.2) is 13.2 Å². The van der Waals surface area contributed by atoms with E-state index in [-0.39, 0.29) is 0 Å². The predicted molar refractivity (Wildman–Crippen MR) is 86.6 cm³/mol. The number of nitrogens with one attached hydrogen (secondary N) is 1. The van der Waals surface area contributed by atoms with Crippen molar-refractivity contribution in [1.29, 1.82) is 0 Å². The first-order chi connectivity index (χ1) is 9.58. The molecule has 0 bridgehead atoms. The van der Waals surface area contributed by atoms with Crippen molar-refractivity contribution in [1.82, 2.24) is 0 Å². The van der Waals surface area contributed by atoms with E-state index in [0.717, 1.165) is 23.3 Å². The number of methoxy groups -OCH3 is 1. The summed E-state index contributed by atoms with van der Waals surface area (Å²) >= 11 is 0. The van der Waals surface area contributed by atoms with Crippen molar-refractivity contribution < 1.29 is 4.74 Å². The molecule has 1 aromatic carbocycles. The molecular formula is C18H29NO. The molecule has 1 saturated carbocycles. The number of hydrogen-bond acceptors (Lipinski definition) is 2. The summed E-state index contributed by atoms with van der Waals surface area (Å²) in [5.74, 6) is 2.67. The summed E-state index contributed by atoms with van der Waals surface area (Å²) in [6, 6.07) is 7.01. The number of ether oxygens (including phenoxy) is 1. The monoisotopic (exact) mass is 275 g/mol. The van der Waals surface area contributed by atoms with Crippen molar-refractivity contribution in [2.24, 2.45) is 11.8 Å². The zero-order valence-electron chi connectivity index (χ0n) is 13.4. The molecule has 0 aromatic heterocycles. The van der Waals surface area contributed by atoms with E-state index in [2.05, 4.69) is 44.3 Å². The quantitative estimate of drug-likeness (QED) is 0.814. The van der Waals surface area contributed by atoms with Gasteiger partial charge in [-0.2, -0.15) is 0 Å². The molecule has 112 valence electrons. The summed E-state index contributed by atoms with van der Waals surface area (Å²) < 4.78 is 5.50. The molecule has 0 spiro atoms. The summed E-state index contributed by atoms with van der Waals surface area (Å²) in [6.07, 6.45) is 6.70. The van der Waals surface area contributed by atoms with Gasteiger partial charge in [0, 0.05) is 6.04 Å². The van der Waals surface area contributed by atoms with Gasteiger partial charge in [-0.15, -0.1) is 0 Å². The zero-order valence-corrected chi connectivity index (χ0v) is 13.4. The minimum absolute atomic E-state index is 0.601. The van der Waals surface area contributed by atoms with E-state index in [0.29, 0.717) is 6.04 Å². The summed E-state index contributed by atoms with van der Waals surface area (Å²) in [5.41, 5.74) is 2.39. The van der Waals surface area contributed by atoms with E-state index in [9.17, 15) is 0 Å². The third-order valence-electron chi connectivity index (χ3n) is 4.30. The first-order valence-electron chi connectivity index (χ1n) is 7.99. The van der Waals surface area contributed by atoms with Crippen LogP contribution in [0, 0.1) is 18.8 Å². The molecule has 2 atom stereocenters. The minimum Gasteiger partial charge on any atom is -0.495 e. The van der Waals surface area contributed by atoms with Crippen LogP contribution in [0.1, 0.15) is 51.5 Å². The van der Waals surface area contributed by atoms with Crippen molar-refractivity contribution >= 4 is 5.69 Å². The third-order valence-corrected chi connectivity index (χ3v) is 4.30. The Hall–Kier alpha value is -1.18. The maximum absolute atomic E-state index is 5.50. The number of hydrogen-bond donors (Lipinski definition) is 1. The van der Waals surface area contributed by atoms with Crippen molar-refractivity contribution in [3.05, 3.63) is 23.8 Å². The summed E-state index contributed by atoms with van der Waals surface area (Å²) in [6.45, 7) is 6.77. The van der Waals surface area contributed by atoms with Gasteiger partial charge in [0.15, 0.2) is 0 Å². The lowest BCUT2D eigenvalue weighted by Crippen LogP contribution is -2.28. The van der Waals surface area contributed by atoms with Crippen LogP contribution in [0.25, 0.3) is 0 Å². The average molecular weight is 275 g/mol. The van der Waals surface area contributed by atoms with Gasteiger partial charge < -0.3 is 10.1 Å². The second-order valence-corrected chi connectivity index (χ2v) is 6.71. The van der Waals surface area contributed by atoms with Crippen LogP contribution in [-0.2, 0) is 0 Å². The van der Waals surface area contributed by atoms with E-state index < -0.39 is 0 Å². The highest BCUT2D eigenvalue weighted by molar-refractivity contribution is 5.58. The second kappa shape index (κ2) is 7.01. The molecule has 0 heterocycles. The fourth-order valence-electron chi connectivity index (χ4n) is 3.44. The standard InChI is InChI=1S/C18H29NO/c1-13(2)10-15-6-5-7-16(12-15)19-17-9-8-14(3)11-18(17)20-4/h8-9,11,13,15-16,19H,5-7,10,12H2,1-4H3. The minimum atomic E-state index is 0.601. The molecular weight excluding hydrogens is 246 g/mol. The maximum Gasteiger partial charge on any atom is 0.142 e. The fourth-order valence-corrected chi connectivity index (χ4v) is 3.44. The Morgan fingerprint density at radius 1 is 1.30 bits per heavy atom. The normalized spacial score (nSPS) is 22.9. The van der Waals surface area contributed by atoms with Gasteiger partial charge in [-0.3, -0.25) is 0 Å². The first-order valence-corrected chi connectivity index (χ1v) is 7.99. The van der Waals surface area contributed by atoms with E-state index in [1.54, 1.807) is 7.11 Å². The van der Waals surface area contributed by atoms with E-state index in [1.807, 2.05) is 0 Å². The Balaban J connectivity index is 1.99. The SMILES string of the molecule is COc1cc(C)ccc1NC1CCCC(CC(C)C)C1. The number of aryl methyl sites for hydroxylation is 1. The highest BCUT2D eigenvalue weighted by Gasteiger charge is 2.23. The molecule has 1 fully saturated rings. The van der Waals surface area contributed by atoms with Crippen LogP contribution < -0.4 is 10.1 Å². The fraction of sp³-hybridized carbons (Fsp3) is 0.667. The second-order valence-electron chi connectivity index (χ2n) is 6.71. The van der Waals surface area contributed by atoms with Gasteiger partial charge in [-0.1, -0.05) is 32.8 Å². The number of anilines is 1. The van der Waals surface area contributed by atoms with Gasteiger partial charge in [-0.25, -0.2) is 0 Å². The van der Waals surface area contributed by atoms with Gasteiger partial charge in [0.25, 0.3) is 0 Å². The molecule has 1 N–H and O–H groups in total. The molecule has 1 aromatic rings. The molecule has 2 heteroatoms. The Morgan fingerprint density at radius 2 is 2.10 bits per heavy atom. The van der Waals surface area contributed by atoms with Gasteiger partial charge in [0.05, 0.1) is 12.8 Å². The Bertz CT molecular complexity index is 427. The number of rotatable bonds is 5. The first kappa shape index (κ1) is 15.2. The van der Waals surface area contributed by atoms with Crippen molar-refractivity contribution in [2.75, 3.05) is 12.4 Å². The lowest BCUT2D eigenvalue weighted by Gasteiger charge is -2.31. The van der Waals surface area contributed by atoms with Crippen LogP contribution in [0.3, 0.4) is 0 Å².